The number of amides is 2. The number of urea groups is 1. The predicted molar refractivity (Wildman–Crippen MR) is 65.8 cm³/mol. The van der Waals surface area contributed by atoms with Crippen LogP contribution in [0.25, 0.3) is 0 Å². The van der Waals surface area contributed by atoms with Crippen LogP contribution in [0.4, 0.5) is 4.79 Å². The molecule has 0 bridgehead atoms. The molecule has 108 valence electrons. The Kier molecular flexibility index (Phi) is 5.56. The molecule has 0 aromatic rings. The molecule has 1 fully saturated rings. The van der Waals surface area contributed by atoms with E-state index < -0.39 is 30.4 Å². The highest BCUT2D eigenvalue weighted by atomic mass is 16.4. The summed E-state index contributed by atoms with van der Waals surface area (Å²) < 4.78 is 0. The van der Waals surface area contributed by atoms with E-state index >= 15 is 0 Å². The van der Waals surface area contributed by atoms with E-state index in [4.69, 9.17) is 10.2 Å². The van der Waals surface area contributed by atoms with E-state index in [1.807, 2.05) is 7.05 Å². The molecule has 1 aliphatic heterocycles. The van der Waals surface area contributed by atoms with Gasteiger partial charge in [-0.15, -0.1) is 0 Å². The number of hydrogen-bond donors (Lipinski definition) is 4. The Bertz CT molecular complexity index is 360. The third kappa shape index (κ3) is 5.56. The zero-order valence-corrected chi connectivity index (χ0v) is 10.8. The quantitative estimate of drug-likeness (QED) is 0.501. The summed E-state index contributed by atoms with van der Waals surface area (Å²) >= 11 is 0. The minimum atomic E-state index is -1.41. The Hall–Kier alpha value is -1.83. The summed E-state index contributed by atoms with van der Waals surface area (Å²) in [6.45, 7) is 2.32. The highest BCUT2D eigenvalue weighted by Gasteiger charge is 2.24. The second kappa shape index (κ2) is 6.93. The van der Waals surface area contributed by atoms with Crippen molar-refractivity contribution in [3.8, 4) is 0 Å². The SMILES string of the molecule is CN1CCC(CNC(=O)NC(CC(=O)O)C(=O)O)C1. The van der Waals surface area contributed by atoms with E-state index in [0.29, 0.717) is 12.5 Å². The van der Waals surface area contributed by atoms with Gasteiger partial charge >= 0.3 is 18.0 Å². The molecule has 0 aromatic heterocycles. The summed E-state index contributed by atoms with van der Waals surface area (Å²) in [5.41, 5.74) is 0. The second-order valence-electron chi connectivity index (χ2n) is 4.76. The molecular formula is C11H19N3O5. The summed E-state index contributed by atoms with van der Waals surface area (Å²) in [4.78, 5) is 34.9. The Balaban J connectivity index is 2.32. The van der Waals surface area contributed by atoms with Crippen molar-refractivity contribution >= 4 is 18.0 Å². The predicted octanol–water partition coefficient (Wildman–Crippen LogP) is -0.835. The van der Waals surface area contributed by atoms with E-state index in [-0.39, 0.29) is 0 Å². The summed E-state index contributed by atoms with van der Waals surface area (Å²) in [6, 6.07) is -2.06. The van der Waals surface area contributed by atoms with Gasteiger partial charge < -0.3 is 25.7 Å². The average Bonchev–Trinajstić information content (AvgIpc) is 2.71. The normalized spacial score (nSPS) is 20.8. The van der Waals surface area contributed by atoms with E-state index in [1.165, 1.54) is 0 Å². The lowest BCUT2D eigenvalue weighted by molar-refractivity contribution is -0.145. The molecule has 19 heavy (non-hydrogen) atoms. The molecule has 8 nitrogen and oxygen atoms in total. The molecule has 2 amide bonds. The van der Waals surface area contributed by atoms with Gasteiger partial charge in [0.05, 0.1) is 6.42 Å². The number of carboxylic acid groups (broad SMARTS) is 2. The van der Waals surface area contributed by atoms with Crippen LogP contribution in [-0.4, -0.2) is 65.8 Å². The van der Waals surface area contributed by atoms with Crippen molar-refractivity contribution < 1.29 is 24.6 Å². The van der Waals surface area contributed by atoms with Crippen molar-refractivity contribution in [2.75, 3.05) is 26.7 Å². The van der Waals surface area contributed by atoms with Gasteiger partial charge in [-0.25, -0.2) is 9.59 Å². The van der Waals surface area contributed by atoms with Gasteiger partial charge in [-0.05, 0) is 25.9 Å². The van der Waals surface area contributed by atoms with Crippen molar-refractivity contribution in [1.29, 1.82) is 0 Å². The minimum Gasteiger partial charge on any atom is -0.481 e. The maximum atomic E-state index is 11.5. The van der Waals surface area contributed by atoms with Crippen LogP contribution in [0.5, 0.6) is 0 Å². The zero-order chi connectivity index (χ0) is 14.4. The Labute approximate surface area is 110 Å². The first kappa shape index (κ1) is 15.2. The standard InChI is InChI=1S/C11H19N3O5/c1-14-3-2-7(6-14)5-12-11(19)13-8(10(17)18)4-9(15)16/h7-8H,2-6H2,1H3,(H,15,16)(H,17,18)(H2,12,13,19). The number of nitrogens with one attached hydrogen (secondary N) is 2. The molecule has 0 radical (unpaired) electrons. The topological polar surface area (TPSA) is 119 Å². The lowest BCUT2D eigenvalue weighted by Gasteiger charge is -2.15. The van der Waals surface area contributed by atoms with Crippen LogP contribution in [0.2, 0.25) is 0 Å². The lowest BCUT2D eigenvalue weighted by Crippen LogP contribution is -2.48. The lowest BCUT2D eigenvalue weighted by atomic mass is 10.1. The van der Waals surface area contributed by atoms with Crippen molar-refractivity contribution in [1.82, 2.24) is 15.5 Å². The van der Waals surface area contributed by atoms with E-state index in [0.717, 1.165) is 19.5 Å². The number of hydrogen-bond acceptors (Lipinski definition) is 4. The van der Waals surface area contributed by atoms with E-state index in [2.05, 4.69) is 15.5 Å². The molecule has 1 rings (SSSR count). The van der Waals surface area contributed by atoms with Gasteiger partial charge in [0.2, 0.25) is 0 Å². The average molecular weight is 273 g/mol. The van der Waals surface area contributed by atoms with Crippen LogP contribution in [0.3, 0.4) is 0 Å². The molecular weight excluding hydrogens is 254 g/mol. The Morgan fingerprint density at radius 1 is 1.37 bits per heavy atom. The van der Waals surface area contributed by atoms with Crippen LogP contribution in [0, 0.1) is 5.92 Å². The molecule has 0 spiro atoms. The van der Waals surface area contributed by atoms with Crippen molar-refractivity contribution in [2.24, 2.45) is 5.92 Å². The molecule has 2 atom stereocenters. The number of carbonyl (C=O) groups is 3. The first-order valence-electron chi connectivity index (χ1n) is 6.06. The number of nitrogens with zero attached hydrogens (tertiary/aromatic N) is 1. The number of likely N-dealkylation sites (tertiary alicyclic amines) is 1. The van der Waals surface area contributed by atoms with Gasteiger partial charge in [0.25, 0.3) is 0 Å². The van der Waals surface area contributed by atoms with E-state index in [1.54, 1.807) is 0 Å². The molecule has 2 unspecified atom stereocenters. The first-order valence-corrected chi connectivity index (χ1v) is 6.06. The fourth-order valence-electron chi connectivity index (χ4n) is 2.01. The summed E-state index contributed by atoms with van der Waals surface area (Å²) in [5, 5.41) is 22.0. The number of aliphatic carboxylic acids is 2. The zero-order valence-electron chi connectivity index (χ0n) is 10.8. The van der Waals surface area contributed by atoms with Gasteiger partial charge in [-0.1, -0.05) is 0 Å². The molecule has 0 aromatic carbocycles. The van der Waals surface area contributed by atoms with Crippen LogP contribution >= 0.6 is 0 Å². The summed E-state index contributed by atoms with van der Waals surface area (Å²) in [5.74, 6) is -2.29. The molecule has 0 aliphatic carbocycles. The van der Waals surface area contributed by atoms with Gasteiger partial charge in [-0.2, -0.15) is 0 Å². The van der Waals surface area contributed by atoms with Crippen LogP contribution in [-0.2, 0) is 9.59 Å². The fourth-order valence-corrected chi connectivity index (χ4v) is 2.01. The van der Waals surface area contributed by atoms with Gasteiger partial charge in [0.15, 0.2) is 0 Å². The highest BCUT2D eigenvalue weighted by molar-refractivity contribution is 5.86. The molecule has 0 saturated carbocycles. The van der Waals surface area contributed by atoms with Gasteiger partial charge in [0.1, 0.15) is 6.04 Å². The van der Waals surface area contributed by atoms with Crippen LogP contribution in [0.1, 0.15) is 12.8 Å². The molecule has 1 heterocycles. The van der Waals surface area contributed by atoms with Crippen LogP contribution < -0.4 is 10.6 Å². The molecule has 8 heteroatoms. The fraction of sp³-hybridized carbons (Fsp3) is 0.727. The number of carboxylic acids is 2. The van der Waals surface area contributed by atoms with Crippen molar-refractivity contribution in [3.63, 3.8) is 0 Å². The van der Waals surface area contributed by atoms with Crippen molar-refractivity contribution in [3.05, 3.63) is 0 Å². The van der Waals surface area contributed by atoms with Gasteiger partial charge in [-0.3, -0.25) is 4.79 Å². The maximum Gasteiger partial charge on any atom is 0.326 e. The monoisotopic (exact) mass is 273 g/mol. The third-order valence-electron chi connectivity index (χ3n) is 3.02. The van der Waals surface area contributed by atoms with Gasteiger partial charge in [0, 0.05) is 13.1 Å². The molecule has 4 N–H and O–H groups in total. The highest BCUT2D eigenvalue weighted by Crippen LogP contribution is 2.12. The first-order chi connectivity index (χ1) is 8.88. The smallest absolute Gasteiger partial charge is 0.326 e. The Morgan fingerprint density at radius 3 is 2.53 bits per heavy atom. The Morgan fingerprint density at radius 2 is 2.05 bits per heavy atom. The van der Waals surface area contributed by atoms with Crippen LogP contribution in [0.15, 0.2) is 0 Å². The summed E-state index contributed by atoms with van der Waals surface area (Å²) in [6.07, 6.45) is 0.336. The van der Waals surface area contributed by atoms with E-state index in [9.17, 15) is 14.4 Å². The summed E-state index contributed by atoms with van der Waals surface area (Å²) in [7, 11) is 1.99. The molecule has 1 aliphatic rings. The minimum absolute atomic E-state index is 0.346. The largest absolute Gasteiger partial charge is 0.481 e. The number of carbonyl (C=O) groups excluding carboxylic acids is 1. The van der Waals surface area contributed by atoms with Crippen molar-refractivity contribution in [2.45, 2.75) is 18.9 Å². The number of rotatable bonds is 6. The molecule has 1 saturated heterocycles. The third-order valence-corrected chi connectivity index (χ3v) is 3.02. The maximum absolute atomic E-state index is 11.5. The second-order valence-corrected chi connectivity index (χ2v) is 4.76.